The number of carbonyl (C=O) groups is 1. The first kappa shape index (κ1) is 18.4. The first-order valence-electron chi connectivity index (χ1n) is 8.13. The summed E-state index contributed by atoms with van der Waals surface area (Å²) in [7, 11) is 0. The monoisotopic (exact) mass is 358 g/mol. The highest BCUT2D eigenvalue weighted by atomic mass is 35.5. The number of hydrogen-bond acceptors (Lipinski definition) is 3. The molecule has 2 fully saturated rings. The predicted molar refractivity (Wildman–Crippen MR) is 94.5 cm³/mol. The van der Waals surface area contributed by atoms with Gasteiger partial charge in [-0.2, -0.15) is 0 Å². The SMILES string of the molecule is CCC(Oc1ccccc1Cl)C(=O)N1CCC2CCC(C1)N2.Cl. The van der Waals surface area contributed by atoms with Crippen LogP contribution in [0.1, 0.15) is 32.6 Å². The number of rotatable bonds is 4. The third-order valence-corrected chi connectivity index (χ3v) is 4.90. The number of nitrogens with zero attached hydrogens (tertiary/aromatic N) is 1. The Hall–Kier alpha value is -0.970. The Kier molecular flexibility index (Phi) is 6.57. The summed E-state index contributed by atoms with van der Waals surface area (Å²) in [4.78, 5) is 14.8. The molecule has 128 valence electrons. The van der Waals surface area contributed by atoms with Crippen LogP contribution in [0.4, 0.5) is 0 Å². The van der Waals surface area contributed by atoms with Crippen molar-refractivity contribution >= 4 is 29.9 Å². The number of hydrogen-bond donors (Lipinski definition) is 1. The zero-order valence-corrected chi connectivity index (χ0v) is 14.9. The Balaban J connectivity index is 0.00000192. The Morgan fingerprint density at radius 1 is 1.35 bits per heavy atom. The number of benzene rings is 1. The number of fused-ring (bicyclic) bond motifs is 2. The van der Waals surface area contributed by atoms with Crippen molar-refractivity contribution in [1.29, 1.82) is 0 Å². The third kappa shape index (κ3) is 4.31. The van der Waals surface area contributed by atoms with Crippen molar-refractivity contribution in [3.63, 3.8) is 0 Å². The van der Waals surface area contributed by atoms with Gasteiger partial charge in [0, 0.05) is 25.2 Å². The molecule has 0 aliphatic carbocycles. The van der Waals surface area contributed by atoms with E-state index in [0.717, 1.165) is 25.9 Å². The van der Waals surface area contributed by atoms with Gasteiger partial charge in [0.15, 0.2) is 6.10 Å². The molecule has 1 amide bonds. The third-order valence-electron chi connectivity index (χ3n) is 4.59. The molecule has 1 aromatic rings. The van der Waals surface area contributed by atoms with E-state index in [9.17, 15) is 4.79 Å². The molecular weight excluding hydrogens is 335 g/mol. The van der Waals surface area contributed by atoms with Crippen molar-refractivity contribution in [3.8, 4) is 5.75 Å². The lowest BCUT2D eigenvalue weighted by Crippen LogP contribution is -2.45. The van der Waals surface area contributed by atoms with E-state index in [4.69, 9.17) is 16.3 Å². The Morgan fingerprint density at radius 2 is 2.09 bits per heavy atom. The van der Waals surface area contributed by atoms with Crippen LogP contribution < -0.4 is 10.1 Å². The van der Waals surface area contributed by atoms with E-state index in [1.807, 2.05) is 30.0 Å². The van der Waals surface area contributed by atoms with Gasteiger partial charge < -0.3 is 15.0 Å². The van der Waals surface area contributed by atoms with Gasteiger partial charge in [0.2, 0.25) is 0 Å². The fourth-order valence-corrected chi connectivity index (χ4v) is 3.53. The molecule has 6 heteroatoms. The average Bonchev–Trinajstić information content (AvgIpc) is 2.85. The van der Waals surface area contributed by atoms with Crippen LogP contribution >= 0.6 is 24.0 Å². The maximum absolute atomic E-state index is 12.8. The van der Waals surface area contributed by atoms with Gasteiger partial charge in [-0.1, -0.05) is 30.7 Å². The van der Waals surface area contributed by atoms with Crippen molar-refractivity contribution in [2.75, 3.05) is 13.1 Å². The van der Waals surface area contributed by atoms with Gasteiger partial charge in [0.05, 0.1) is 5.02 Å². The molecular formula is C17H24Cl2N2O2. The molecule has 2 aliphatic rings. The molecule has 0 radical (unpaired) electrons. The number of amides is 1. The predicted octanol–water partition coefficient (Wildman–Crippen LogP) is 3.27. The summed E-state index contributed by atoms with van der Waals surface area (Å²) in [5.74, 6) is 0.663. The second-order valence-corrected chi connectivity index (χ2v) is 6.56. The van der Waals surface area contributed by atoms with Gasteiger partial charge >= 0.3 is 0 Å². The van der Waals surface area contributed by atoms with E-state index in [-0.39, 0.29) is 18.3 Å². The summed E-state index contributed by atoms with van der Waals surface area (Å²) >= 11 is 6.13. The average molecular weight is 359 g/mol. The van der Waals surface area contributed by atoms with Crippen LogP contribution in [-0.2, 0) is 4.79 Å². The van der Waals surface area contributed by atoms with E-state index < -0.39 is 6.10 Å². The molecule has 4 nitrogen and oxygen atoms in total. The van der Waals surface area contributed by atoms with E-state index >= 15 is 0 Å². The molecule has 3 atom stereocenters. The fourth-order valence-electron chi connectivity index (χ4n) is 3.35. The van der Waals surface area contributed by atoms with Crippen LogP contribution in [0, 0.1) is 0 Å². The lowest BCUT2D eigenvalue weighted by atomic mass is 10.1. The molecule has 2 heterocycles. The zero-order valence-electron chi connectivity index (χ0n) is 13.3. The number of likely N-dealkylation sites (tertiary alicyclic amines) is 1. The fraction of sp³-hybridized carbons (Fsp3) is 0.588. The number of nitrogens with one attached hydrogen (secondary N) is 1. The molecule has 0 spiro atoms. The Morgan fingerprint density at radius 3 is 2.83 bits per heavy atom. The Labute approximate surface area is 148 Å². The highest BCUT2D eigenvalue weighted by molar-refractivity contribution is 6.32. The maximum Gasteiger partial charge on any atom is 0.263 e. The number of carbonyl (C=O) groups excluding carboxylic acids is 1. The van der Waals surface area contributed by atoms with E-state index in [1.165, 1.54) is 6.42 Å². The van der Waals surface area contributed by atoms with E-state index in [0.29, 0.717) is 29.3 Å². The highest BCUT2D eigenvalue weighted by Crippen LogP contribution is 2.26. The molecule has 2 saturated heterocycles. The molecule has 3 rings (SSSR count). The molecule has 0 aromatic heterocycles. The summed E-state index contributed by atoms with van der Waals surface area (Å²) in [5, 5.41) is 4.14. The second kappa shape index (κ2) is 8.22. The summed E-state index contributed by atoms with van der Waals surface area (Å²) < 4.78 is 5.89. The van der Waals surface area contributed by atoms with Crippen LogP contribution in [0.15, 0.2) is 24.3 Å². The van der Waals surface area contributed by atoms with Gasteiger partial charge in [0.25, 0.3) is 5.91 Å². The zero-order chi connectivity index (χ0) is 15.5. The topological polar surface area (TPSA) is 41.6 Å². The standard InChI is InChI=1S/C17H23ClN2O2.ClH/c1-2-15(22-16-6-4-3-5-14(16)18)17(21)20-10-9-12-7-8-13(11-20)19-12;/h3-6,12-13,15,19H,2,7-11H2,1H3;1H. The number of halogens is 2. The molecule has 1 aromatic carbocycles. The molecule has 1 N–H and O–H groups in total. The minimum absolute atomic E-state index is 0. The minimum atomic E-state index is -0.462. The second-order valence-electron chi connectivity index (χ2n) is 6.16. The number of para-hydroxylation sites is 1. The first-order chi connectivity index (χ1) is 10.7. The van der Waals surface area contributed by atoms with Gasteiger partial charge in [-0.3, -0.25) is 4.79 Å². The van der Waals surface area contributed by atoms with Gasteiger partial charge in [-0.15, -0.1) is 12.4 Å². The largest absolute Gasteiger partial charge is 0.479 e. The van der Waals surface area contributed by atoms with Crippen LogP contribution in [0.2, 0.25) is 5.02 Å². The van der Waals surface area contributed by atoms with Crippen molar-refractivity contribution in [1.82, 2.24) is 10.2 Å². The summed E-state index contributed by atoms with van der Waals surface area (Å²) in [6.07, 6.45) is 3.61. The van der Waals surface area contributed by atoms with Crippen LogP contribution in [0.3, 0.4) is 0 Å². The minimum Gasteiger partial charge on any atom is -0.479 e. The van der Waals surface area contributed by atoms with Gasteiger partial charge in [-0.05, 0) is 37.8 Å². The van der Waals surface area contributed by atoms with Crippen molar-refractivity contribution < 1.29 is 9.53 Å². The molecule has 2 bridgehead atoms. The molecule has 23 heavy (non-hydrogen) atoms. The van der Waals surface area contributed by atoms with Crippen molar-refractivity contribution in [3.05, 3.63) is 29.3 Å². The maximum atomic E-state index is 12.8. The lowest BCUT2D eigenvalue weighted by molar-refractivity contribution is -0.139. The number of ether oxygens (including phenoxy) is 1. The van der Waals surface area contributed by atoms with Gasteiger partial charge in [0.1, 0.15) is 5.75 Å². The van der Waals surface area contributed by atoms with Crippen molar-refractivity contribution in [2.24, 2.45) is 0 Å². The van der Waals surface area contributed by atoms with Crippen LogP contribution in [0.5, 0.6) is 5.75 Å². The van der Waals surface area contributed by atoms with Crippen molar-refractivity contribution in [2.45, 2.75) is 50.8 Å². The normalized spacial score (nSPS) is 24.5. The Bertz CT molecular complexity index is 541. The summed E-state index contributed by atoms with van der Waals surface area (Å²) in [6, 6.07) is 8.33. The lowest BCUT2D eigenvalue weighted by Gasteiger charge is -2.28. The molecule has 0 saturated carbocycles. The van der Waals surface area contributed by atoms with Crippen LogP contribution in [-0.4, -0.2) is 42.1 Å². The van der Waals surface area contributed by atoms with Gasteiger partial charge in [-0.25, -0.2) is 0 Å². The quantitative estimate of drug-likeness (QED) is 0.897. The van der Waals surface area contributed by atoms with E-state index in [1.54, 1.807) is 6.07 Å². The summed E-state index contributed by atoms with van der Waals surface area (Å²) in [6.45, 7) is 3.58. The van der Waals surface area contributed by atoms with Crippen LogP contribution in [0.25, 0.3) is 0 Å². The summed E-state index contributed by atoms with van der Waals surface area (Å²) in [5.41, 5.74) is 0. The highest BCUT2D eigenvalue weighted by Gasteiger charge is 2.33. The van der Waals surface area contributed by atoms with E-state index in [2.05, 4.69) is 5.32 Å². The molecule has 3 unspecified atom stereocenters. The first-order valence-corrected chi connectivity index (χ1v) is 8.51. The smallest absolute Gasteiger partial charge is 0.263 e. The molecule has 2 aliphatic heterocycles.